The number of hydrogen-bond acceptors (Lipinski definition) is 9. The highest BCUT2D eigenvalue weighted by Gasteiger charge is 2.11. The van der Waals surface area contributed by atoms with Crippen molar-refractivity contribution in [3.63, 3.8) is 0 Å². The van der Waals surface area contributed by atoms with Crippen molar-refractivity contribution in [3.05, 3.63) is 49.1 Å². The van der Waals surface area contributed by atoms with E-state index in [1.165, 1.54) is 6.33 Å². The van der Waals surface area contributed by atoms with Crippen LogP contribution >= 0.6 is 0 Å². The zero-order valence-corrected chi connectivity index (χ0v) is 17.1. The molecule has 30 heavy (non-hydrogen) atoms. The molecular weight excluding hydrogens is 384 g/mol. The summed E-state index contributed by atoms with van der Waals surface area (Å²) in [5, 5.41) is 16.0. The zero-order valence-electron chi connectivity index (χ0n) is 17.1. The summed E-state index contributed by atoms with van der Waals surface area (Å²) < 4.78 is 10.8. The Morgan fingerprint density at radius 3 is 2.70 bits per heavy atom. The number of rotatable bonds is 11. The summed E-state index contributed by atoms with van der Waals surface area (Å²) in [5.74, 6) is 1.85. The van der Waals surface area contributed by atoms with Gasteiger partial charge in [-0.3, -0.25) is 0 Å². The third-order valence-electron chi connectivity index (χ3n) is 4.17. The van der Waals surface area contributed by atoms with Crippen LogP contribution in [0, 0.1) is 0 Å². The third-order valence-corrected chi connectivity index (χ3v) is 4.17. The lowest BCUT2D eigenvalue weighted by molar-refractivity contribution is 0.108. The molecule has 3 rings (SSSR count). The number of likely N-dealkylation sites (N-methyl/N-ethyl adjacent to an activating group) is 1. The monoisotopic (exact) mass is 410 g/mol. The first-order chi connectivity index (χ1) is 14.7. The molecule has 3 N–H and O–H groups in total. The van der Waals surface area contributed by atoms with Gasteiger partial charge in [-0.2, -0.15) is 0 Å². The van der Waals surface area contributed by atoms with Gasteiger partial charge in [-0.15, -0.1) is 0 Å². The largest absolute Gasteiger partial charge is 0.491 e. The number of aromatic nitrogens is 4. The minimum Gasteiger partial charge on any atom is -0.491 e. The Balaban J connectivity index is 1.88. The Hall–Kier alpha value is -3.14. The van der Waals surface area contributed by atoms with Crippen molar-refractivity contribution in [2.75, 3.05) is 45.8 Å². The Bertz CT molecular complexity index is 926. The fourth-order valence-corrected chi connectivity index (χ4v) is 2.74. The van der Waals surface area contributed by atoms with Crippen LogP contribution in [0.2, 0.25) is 0 Å². The summed E-state index contributed by atoms with van der Waals surface area (Å²) in [6.45, 7) is 1.82. The van der Waals surface area contributed by atoms with Crippen molar-refractivity contribution in [2.45, 2.75) is 6.10 Å². The number of nitrogens with zero attached hydrogens (tertiary/aromatic N) is 4. The van der Waals surface area contributed by atoms with E-state index in [1.807, 2.05) is 30.3 Å². The molecule has 1 atom stereocenters. The van der Waals surface area contributed by atoms with E-state index < -0.39 is 6.10 Å². The van der Waals surface area contributed by atoms with Crippen LogP contribution in [0.3, 0.4) is 0 Å². The molecule has 1 aromatic carbocycles. The predicted molar refractivity (Wildman–Crippen MR) is 114 cm³/mol. The highest BCUT2D eigenvalue weighted by molar-refractivity contribution is 5.67. The van der Waals surface area contributed by atoms with E-state index in [2.05, 4.69) is 25.6 Å². The number of methoxy groups -OCH3 is 1. The minimum atomic E-state index is -0.590. The van der Waals surface area contributed by atoms with Gasteiger partial charge in [0.15, 0.2) is 5.82 Å². The Morgan fingerprint density at radius 1 is 1.10 bits per heavy atom. The van der Waals surface area contributed by atoms with Gasteiger partial charge in [0.05, 0.1) is 12.3 Å². The zero-order chi connectivity index (χ0) is 21.2. The molecule has 0 aliphatic carbocycles. The van der Waals surface area contributed by atoms with Gasteiger partial charge in [-0.25, -0.2) is 19.9 Å². The predicted octanol–water partition coefficient (Wildman–Crippen LogP) is 1.62. The van der Waals surface area contributed by atoms with Gasteiger partial charge >= 0.3 is 0 Å². The Morgan fingerprint density at radius 2 is 1.93 bits per heavy atom. The molecule has 0 aliphatic heterocycles. The molecule has 2 heterocycles. The molecule has 3 aromatic rings. The number of aliphatic hydroxyl groups is 1. The average Bonchev–Trinajstić information content (AvgIpc) is 2.79. The van der Waals surface area contributed by atoms with Crippen molar-refractivity contribution >= 4 is 5.82 Å². The number of hydrogen-bond donors (Lipinski definition) is 3. The van der Waals surface area contributed by atoms with Crippen LogP contribution in [-0.4, -0.2) is 71.6 Å². The summed E-state index contributed by atoms with van der Waals surface area (Å²) >= 11 is 0. The quantitative estimate of drug-likeness (QED) is 0.406. The van der Waals surface area contributed by atoms with Crippen LogP contribution in [0.5, 0.6) is 5.75 Å². The second-order valence-electron chi connectivity index (χ2n) is 6.56. The van der Waals surface area contributed by atoms with E-state index >= 15 is 0 Å². The van der Waals surface area contributed by atoms with Crippen LogP contribution in [0.4, 0.5) is 5.82 Å². The molecule has 2 aromatic heterocycles. The number of nitrogens with one attached hydrogen (secondary N) is 2. The van der Waals surface area contributed by atoms with Gasteiger partial charge in [-0.1, -0.05) is 12.1 Å². The first-order valence-electron chi connectivity index (χ1n) is 9.62. The number of aliphatic hydroxyl groups excluding tert-OH is 1. The fourth-order valence-electron chi connectivity index (χ4n) is 2.74. The maximum Gasteiger partial charge on any atom is 0.162 e. The molecule has 0 spiro atoms. The van der Waals surface area contributed by atoms with E-state index in [4.69, 9.17) is 14.5 Å². The molecule has 0 saturated carbocycles. The van der Waals surface area contributed by atoms with Crippen molar-refractivity contribution in [2.24, 2.45) is 0 Å². The van der Waals surface area contributed by atoms with Crippen molar-refractivity contribution in [1.82, 2.24) is 25.3 Å². The molecule has 0 aliphatic rings. The van der Waals surface area contributed by atoms with Gasteiger partial charge in [0.1, 0.15) is 30.6 Å². The summed E-state index contributed by atoms with van der Waals surface area (Å²) in [5.41, 5.74) is 2.29. The molecule has 0 fully saturated rings. The van der Waals surface area contributed by atoms with Crippen LogP contribution in [0.1, 0.15) is 0 Å². The Kier molecular flexibility index (Phi) is 8.02. The molecule has 158 valence electrons. The second-order valence-corrected chi connectivity index (χ2v) is 6.56. The molecular formula is C21H26N6O3. The van der Waals surface area contributed by atoms with E-state index in [9.17, 15) is 5.11 Å². The van der Waals surface area contributed by atoms with Crippen molar-refractivity contribution in [3.8, 4) is 28.4 Å². The highest BCUT2D eigenvalue weighted by Crippen LogP contribution is 2.26. The molecule has 9 nitrogen and oxygen atoms in total. The van der Waals surface area contributed by atoms with Gasteiger partial charge in [-0.05, 0) is 19.2 Å². The first-order valence-corrected chi connectivity index (χ1v) is 9.62. The van der Waals surface area contributed by atoms with Gasteiger partial charge < -0.3 is 25.2 Å². The molecule has 0 bridgehead atoms. The molecule has 1 unspecified atom stereocenters. The standard InChI is InChI=1S/C21H26N6O3/c1-22-12-17(28)13-30-18-5-3-4-15(8-18)21-26-19(16-10-23-14-24-11-16)9-20(27-21)25-6-7-29-2/h3-5,8-11,14,17,22,28H,6-7,12-13H2,1-2H3,(H,25,26,27). The summed E-state index contributed by atoms with van der Waals surface area (Å²) in [6, 6.07) is 9.32. The normalized spacial score (nSPS) is 11.8. The number of ether oxygens (including phenoxy) is 2. The smallest absolute Gasteiger partial charge is 0.162 e. The Labute approximate surface area is 175 Å². The van der Waals surface area contributed by atoms with Crippen molar-refractivity contribution in [1.29, 1.82) is 0 Å². The molecule has 0 saturated heterocycles. The molecule has 0 amide bonds. The summed E-state index contributed by atoms with van der Waals surface area (Å²) in [7, 11) is 3.43. The van der Waals surface area contributed by atoms with Crippen LogP contribution in [-0.2, 0) is 4.74 Å². The lowest BCUT2D eigenvalue weighted by atomic mass is 10.1. The molecule has 9 heteroatoms. The van der Waals surface area contributed by atoms with Gasteiger partial charge in [0.25, 0.3) is 0 Å². The lowest BCUT2D eigenvalue weighted by Gasteiger charge is -2.13. The van der Waals surface area contributed by atoms with E-state index in [0.29, 0.717) is 42.8 Å². The van der Waals surface area contributed by atoms with Crippen LogP contribution < -0.4 is 15.4 Å². The molecule has 0 radical (unpaired) electrons. The van der Waals surface area contributed by atoms with E-state index in [1.54, 1.807) is 26.6 Å². The summed E-state index contributed by atoms with van der Waals surface area (Å²) in [6.07, 6.45) is 4.31. The average molecular weight is 410 g/mol. The summed E-state index contributed by atoms with van der Waals surface area (Å²) in [4.78, 5) is 17.5. The fraction of sp³-hybridized carbons (Fsp3) is 0.333. The first kappa shape index (κ1) is 21.6. The van der Waals surface area contributed by atoms with Crippen LogP contribution in [0.25, 0.3) is 22.6 Å². The maximum atomic E-state index is 9.86. The second kappa shape index (κ2) is 11.1. The third kappa shape index (κ3) is 6.18. The number of anilines is 1. The van der Waals surface area contributed by atoms with Crippen LogP contribution in [0.15, 0.2) is 49.1 Å². The van der Waals surface area contributed by atoms with E-state index in [0.717, 1.165) is 11.1 Å². The van der Waals surface area contributed by atoms with Crippen molar-refractivity contribution < 1.29 is 14.6 Å². The highest BCUT2D eigenvalue weighted by atomic mass is 16.5. The SMILES string of the molecule is CNCC(O)COc1cccc(-c2nc(NCCOC)cc(-c3cncnc3)n2)c1. The minimum absolute atomic E-state index is 0.191. The number of benzene rings is 1. The maximum absolute atomic E-state index is 9.86. The lowest BCUT2D eigenvalue weighted by Crippen LogP contribution is -2.29. The van der Waals surface area contributed by atoms with Gasteiger partial charge in [0.2, 0.25) is 0 Å². The topological polar surface area (TPSA) is 114 Å². The van der Waals surface area contributed by atoms with Gasteiger partial charge in [0, 0.05) is 49.8 Å². The van der Waals surface area contributed by atoms with E-state index in [-0.39, 0.29) is 6.61 Å².